The van der Waals surface area contributed by atoms with Crippen LogP contribution in [-0.2, 0) is 0 Å². The summed E-state index contributed by atoms with van der Waals surface area (Å²) in [5.41, 5.74) is 2.72. The summed E-state index contributed by atoms with van der Waals surface area (Å²) in [7, 11) is 0. The van der Waals surface area contributed by atoms with Crippen molar-refractivity contribution in [2.75, 3.05) is 0 Å². The summed E-state index contributed by atoms with van der Waals surface area (Å²) < 4.78 is 0. The quantitative estimate of drug-likeness (QED) is 0.715. The lowest BCUT2D eigenvalue weighted by Crippen LogP contribution is -1.92. The van der Waals surface area contributed by atoms with Crippen LogP contribution in [0.2, 0.25) is 0 Å². The topological polar surface area (TPSA) is 23.8 Å². The predicted molar refractivity (Wildman–Crippen MR) is 65.3 cm³/mol. The highest BCUT2D eigenvalue weighted by molar-refractivity contribution is 6.22. The first kappa shape index (κ1) is 10.7. The fraction of sp³-hybridized carbons (Fsp3) is 0.0714. The van der Waals surface area contributed by atoms with Crippen LogP contribution in [0.3, 0.4) is 0 Å². The Labute approximate surface area is 99.9 Å². The Kier molecular flexibility index (Phi) is 3.24. The highest BCUT2D eigenvalue weighted by Crippen LogP contribution is 2.28. The van der Waals surface area contributed by atoms with Crippen molar-refractivity contribution < 1.29 is 0 Å². The second kappa shape index (κ2) is 4.83. The molecule has 0 radical (unpaired) electrons. The first-order valence-electron chi connectivity index (χ1n) is 5.00. The van der Waals surface area contributed by atoms with E-state index in [9.17, 15) is 0 Å². The van der Waals surface area contributed by atoms with Crippen molar-refractivity contribution in [3.63, 3.8) is 0 Å². The Morgan fingerprint density at radius 3 is 2.00 bits per heavy atom. The molecule has 2 rings (SSSR count). The Morgan fingerprint density at radius 1 is 0.875 bits per heavy atom. The van der Waals surface area contributed by atoms with Crippen LogP contribution in [0.15, 0.2) is 54.6 Å². The molecule has 0 amide bonds. The third-order valence-electron chi connectivity index (χ3n) is 2.42. The van der Waals surface area contributed by atoms with Gasteiger partial charge in [0, 0.05) is 0 Å². The zero-order valence-corrected chi connectivity index (χ0v) is 9.35. The van der Waals surface area contributed by atoms with E-state index in [1.54, 1.807) is 12.1 Å². The molecule has 0 bridgehead atoms. The summed E-state index contributed by atoms with van der Waals surface area (Å²) >= 11 is 6.34. The number of nitrogens with zero attached hydrogens (tertiary/aromatic N) is 1. The van der Waals surface area contributed by atoms with E-state index in [4.69, 9.17) is 16.9 Å². The van der Waals surface area contributed by atoms with Gasteiger partial charge in [-0.25, -0.2) is 0 Å². The molecule has 0 aromatic heterocycles. The van der Waals surface area contributed by atoms with Crippen molar-refractivity contribution in [3.8, 4) is 6.07 Å². The van der Waals surface area contributed by atoms with E-state index in [0.717, 1.165) is 11.1 Å². The van der Waals surface area contributed by atoms with Crippen LogP contribution in [-0.4, -0.2) is 0 Å². The Hall–Kier alpha value is -1.78. The summed E-state index contributed by atoms with van der Waals surface area (Å²) in [5.74, 6) is 0. The minimum atomic E-state index is -0.158. The van der Waals surface area contributed by atoms with Crippen LogP contribution in [0.5, 0.6) is 0 Å². The maximum absolute atomic E-state index is 8.70. The van der Waals surface area contributed by atoms with Gasteiger partial charge in [0.25, 0.3) is 0 Å². The number of hydrogen-bond donors (Lipinski definition) is 0. The van der Waals surface area contributed by atoms with E-state index in [1.807, 2.05) is 42.5 Å². The first-order chi connectivity index (χ1) is 7.81. The lowest BCUT2D eigenvalue weighted by Gasteiger charge is -2.09. The molecule has 0 heterocycles. The Bertz CT molecular complexity index is 497. The first-order valence-corrected chi connectivity index (χ1v) is 5.44. The van der Waals surface area contributed by atoms with Crippen LogP contribution in [0, 0.1) is 11.3 Å². The summed E-state index contributed by atoms with van der Waals surface area (Å²) in [6, 6.07) is 19.3. The number of halogens is 1. The molecule has 0 aliphatic rings. The van der Waals surface area contributed by atoms with Crippen molar-refractivity contribution >= 4 is 11.6 Å². The second-order valence-corrected chi connectivity index (χ2v) is 3.94. The van der Waals surface area contributed by atoms with Crippen molar-refractivity contribution in [2.24, 2.45) is 0 Å². The highest BCUT2D eigenvalue weighted by Gasteiger charge is 2.09. The third-order valence-corrected chi connectivity index (χ3v) is 2.93. The molecule has 2 heteroatoms. The second-order valence-electron chi connectivity index (χ2n) is 3.51. The van der Waals surface area contributed by atoms with E-state index in [1.165, 1.54) is 0 Å². The van der Waals surface area contributed by atoms with Crippen molar-refractivity contribution in [2.45, 2.75) is 5.38 Å². The van der Waals surface area contributed by atoms with Gasteiger partial charge in [-0.1, -0.05) is 42.5 Å². The SMILES string of the molecule is N#Cc1ccc([C@@H](Cl)c2ccccc2)cc1. The number of hydrogen-bond acceptors (Lipinski definition) is 1. The number of alkyl halides is 1. The maximum Gasteiger partial charge on any atom is 0.0991 e. The van der Waals surface area contributed by atoms with Gasteiger partial charge in [-0.15, -0.1) is 11.6 Å². The van der Waals surface area contributed by atoms with Crippen LogP contribution < -0.4 is 0 Å². The predicted octanol–water partition coefficient (Wildman–Crippen LogP) is 3.89. The number of nitriles is 1. The van der Waals surface area contributed by atoms with Gasteiger partial charge in [-0.05, 0) is 23.3 Å². The average molecular weight is 228 g/mol. The van der Waals surface area contributed by atoms with E-state index in [-0.39, 0.29) is 5.38 Å². The monoisotopic (exact) mass is 227 g/mol. The van der Waals surface area contributed by atoms with Gasteiger partial charge in [0.05, 0.1) is 17.0 Å². The largest absolute Gasteiger partial charge is 0.192 e. The molecule has 0 saturated heterocycles. The van der Waals surface area contributed by atoms with Crippen molar-refractivity contribution in [3.05, 3.63) is 71.3 Å². The van der Waals surface area contributed by atoms with Crippen molar-refractivity contribution in [1.82, 2.24) is 0 Å². The fourth-order valence-electron chi connectivity index (χ4n) is 1.54. The number of benzene rings is 2. The lowest BCUT2D eigenvalue weighted by atomic mass is 10.0. The fourth-order valence-corrected chi connectivity index (χ4v) is 1.83. The molecule has 16 heavy (non-hydrogen) atoms. The van der Waals surface area contributed by atoms with E-state index < -0.39 is 0 Å². The Balaban J connectivity index is 2.28. The van der Waals surface area contributed by atoms with Gasteiger partial charge in [-0.2, -0.15) is 5.26 Å². The molecule has 0 aliphatic carbocycles. The molecule has 0 fully saturated rings. The maximum atomic E-state index is 8.70. The van der Waals surface area contributed by atoms with Crippen LogP contribution >= 0.6 is 11.6 Å². The molecule has 0 unspecified atom stereocenters. The van der Waals surface area contributed by atoms with Crippen LogP contribution in [0.1, 0.15) is 22.1 Å². The summed E-state index contributed by atoms with van der Waals surface area (Å²) in [4.78, 5) is 0. The molecular weight excluding hydrogens is 218 g/mol. The van der Waals surface area contributed by atoms with Gasteiger partial charge in [0.15, 0.2) is 0 Å². The highest BCUT2D eigenvalue weighted by atomic mass is 35.5. The molecule has 1 atom stereocenters. The summed E-state index contributed by atoms with van der Waals surface area (Å²) in [5, 5.41) is 8.54. The van der Waals surface area contributed by atoms with E-state index in [2.05, 4.69) is 6.07 Å². The zero-order valence-electron chi connectivity index (χ0n) is 8.60. The molecule has 0 aliphatic heterocycles. The molecule has 0 saturated carbocycles. The van der Waals surface area contributed by atoms with Gasteiger partial charge >= 0.3 is 0 Å². The molecule has 78 valence electrons. The van der Waals surface area contributed by atoms with E-state index >= 15 is 0 Å². The lowest BCUT2D eigenvalue weighted by molar-refractivity contribution is 1.14. The third kappa shape index (κ3) is 2.24. The minimum absolute atomic E-state index is 0.158. The van der Waals surface area contributed by atoms with Gasteiger partial charge in [-0.3, -0.25) is 0 Å². The smallest absolute Gasteiger partial charge is 0.0991 e. The zero-order chi connectivity index (χ0) is 11.4. The Morgan fingerprint density at radius 2 is 1.44 bits per heavy atom. The normalized spacial score (nSPS) is 11.8. The molecule has 0 spiro atoms. The molecular formula is C14H10ClN. The van der Waals surface area contributed by atoms with Crippen LogP contribution in [0.4, 0.5) is 0 Å². The van der Waals surface area contributed by atoms with Crippen LogP contribution in [0.25, 0.3) is 0 Å². The summed E-state index contributed by atoms with van der Waals surface area (Å²) in [6.07, 6.45) is 0. The number of rotatable bonds is 2. The van der Waals surface area contributed by atoms with Gasteiger partial charge in [0.2, 0.25) is 0 Å². The minimum Gasteiger partial charge on any atom is -0.192 e. The standard InChI is InChI=1S/C14H10ClN/c15-14(12-4-2-1-3-5-12)13-8-6-11(10-16)7-9-13/h1-9,14H/t14-/m0/s1. The van der Waals surface area contributed by atoms with Gasteiger partial charge in [0.1, 0.15) is 0 Å². The molecule has 0 N–H and O–H groups in total. The molecule has 1 nitrogen and oxygen atoms in total. The van der Waals surface area contributed by atoms with Crippen molar-refractivity contribution in [1.29, 1.82) is 5.26 Å². The van der Waals surface area contributed by atoms with E-state index in [0.29, 0.717) is 5.56 Å². The summed E-state index contributed by atoms with van der Waals surface area (Å²) in [6.45, 7) is 0. The molecule has 2 aromatic carbocycles. The van der Waals surface area contributed by atoms with Gasteiger partial charge < -0.3 is 0 Å². The molecule has 2 aromatic rings. The average Bonchev–Trinajstić information content (AvgIpc) is 2.39.